The van der Waals surface area contributed by atoms with Gasteiger partial charge in [0.15, 0.2) is 0 Å². The molecule has 1 aromatic carbocycles. The van der Waals surface area contributed by atoms with Gasteiger partial charge < -0.3 is 9.80 Å². The van der Waals surface area contributed by atoms with Gasteiger partial charge in [0.05, 0.1) is 0 Å². The number of amides is 2. The van der Waals surface area contributed by atoms with Crippen LogP contribution in [0.25, 0.3) is 0 Å². The van der Waals surface area contributed by atoms with Crippen molar-refractivity contribution in [3.63, 3.8) is 0 Å². The van der Waals surface area contributed by atoms with Crippen molar-refractivity contribution in [3.05, 3.63) is 29.8 Å². The summed E-state index contributed by atoms with van der Waals surface area (Å²) in [6.07, 6.45) is 2.59. The molecule has 0 aromatic heterocycles. The van der Waals surface area contributed by atoms with Crippen LogP contribution < -0.4 is 4.90 Å². The predicted molar refractivity (Wildman–Crippen MR) is 89.0 cm³/mol. The highest BCUT2D eigenvalue weighted by atomic mass is 16.2. The Balaban J connectivity index is 2.10. The van der Waals surface area contributed by atoms with Crippen molar-refractivity contribution < 1.29 is 9.59 Å². The van der Waals surface area contributed by atoms with Crippen LogP contribution in [0.1, 0.15) is 51.5 Å². The monoisotopic (exact) mass is 302 g/mol. The number of rotatable bonds is 5. The Kier molecular flexibility index (Phi) is 5.58. The first-order valence-electron chi connectivity index (χ1n) is 8.15. The summed E-state index contributed by atoms with van der Waals surface area (Å²) in [6.45, 7) is 7.98. The number of benzene rings is 1. The van der Waals surface area contributed by atoms with Gasteiger partial charge in [0.2, 0.25) is 11.8 Å². The number of para-hydroxylation sites is 1. The average molecular weight is 302 g/mol. The molecule has 0 atom stereocenters. The SMILES string of the molecule is CC(=O)N(CCC(=O)N1CCCC1)c1ccccc1C(C)C. The lowest BCUT2D eigenvalue weighted by atomic mass is 10.0. The van der Waals surface area contributed by atoms with E-state index >= 15 is 0 Å². The fourth-order valence-electron chi connectivity index (χ4n) is 3.00. The summed E-state index contributed by atoms with van der Waals surface area (Å²) in [5.74, 6) is 0.487. The molecule has 0 saturated carbocycles. The summed E-state index contributed by atoms with van der Waals surface area (Å²) in [6, 6.07) is 7.96. The molecule has 0 radical (unpaired) electrons. The minimum absolute atomic E-state index is 0.0117. The molecule has 2 rings (SSSR count). The lowest BCUT2D eigenvalue weighted by Gasteiger charge is -2.26. The van der Waals surface area contributed by atoms with Crippen LogP contribution in [-0.2, 0) is 9.59 Å². The minimum Gasteiger partial charge on any atom is -0.343 e. The average Bonchev–Trinajstić information content (AvgIpc) is 3.01. The van der Waals surface area contributed by atoms with Gasteiger partial charge >= 0.3 is 0 Å². The molecule has 1 aliphatic rings. The van der Waals surface area contributed by atoms with E-state index in [0.29, 0.717) is 18.9 Å². The van der Waals surface area contributed by atoms with Crippen LogP contribution in [0, 0.1) is 0 Å². The standard InChI is InChI=1S/C18H26N2O2/c1-14(2)16-8-4-5-9-17(16)20(15(3)21)13-10-18(22)19-11-6-7-12-19/h4-5,8-9,14H,6-7,10-13H2,1-3H3. The Labute approximate surface area is 133 Å². The third-order valence-electron chi connectivity index (χ3n) is 4.24. The molecule has 2 amide bonds. The Morgan fingerprint density at radius 3 is 2.41 bits per heavy atom. The van der Waals surface area contributed by atoms with Crippen LogP contribution >= 0.6 is 0 Å². The molecule has 1 saturated heterocycles. The maximum Gasteiger partial charge on any atom is 0.224 e. The van der Waals surface area contributed by atoms with Crippen molar-refractivity contribution in [2.24, 2.45) is 0 Å². The lowest BCUT2D eigenvalue weighted by molar-refractivity contribution is -0.129. The van der Waals surface area contributed by atoms with Crippen molar-refractivity contribution >= 4 is 17.5 Å². The molecule has 1 aliphatic heterocycles. The topological polar surface area (TPSA) is 40.6 Å². The van der Waals surface area contributed by atoms with Crippen LogP contribution in [0.4, 0.5) is 5.69 Å². The minimum atomic E-state index is -0.0117. The number of carbonyl (C=O) groups excluding carboxylic acids is 2. The fraction of sp³-hybridized carbons (Fsp3) is 0.556. The normalized spacial score (nSPS) is 14.5. The molecule has 4 heteroatoms. The summed E-state index contributed by atoms with van der Waals surface area (Å²) in [4.78, 5) is 27.9. The van der Waals surface area contributed by atoms with E-state index < -0.39 is 0 Å². The molecule has 1 heterocycles. The molecule has 4 nitrogen and oxygen atoms in total. The van der Waals surface area contributed by atoms with Gasteiger partial charge in [-0.05, 0) is 30.4 Å². The molecule has 0 N–H and O–H groups in total. The van der Waals surface area contributed by atoms with Crippen LogP contribution in [0.5, 0.6) is 0 Å². The second kappa shape index (κ2) is 7.43. The number of nitrogens with zero attached hydrogens (tertiary/aromatic N) is 2. The molecule has 0 aliphatic carbocycles. The molecule has 0 unspecified atom stereocenters. The molecular weight excluding hydrogens is 276 g/mol. The Morgan fingerprint density at radius 1 is 1.18 bits per heavy atom. The van der Waals surface area contributed by atoms with E-state index in [9.17, 15) is 9.59 Å². The molecule has 1 aromatic rings. The number of hydrogen-bond acceptors (Lipinski definition) is 2. The summed E-state index contributed by atoms with van der Waals surface area (Å²) in [5.41, 5.74) is 2.07. The van der Waals surface area contributed by atoms with Crippen molar-refractivity contribution in [2.75, 3.05) is 24.5 Å². The Morgan fingerprint density at radius 2 is 1.82 bits per heavy atom. The molecule has 0 spiro atoms. The second-order valence-corrected chi connectivity index (χ2v) is 6.22. The van der Waals surface area contributed by atoms with Crippen molar-refractivity contribution in [3.8, 4) is 0 Å². The van der Waals surface area contributed by atoms with E-state index in [2.05, 4.69) is 19.9 Å². The highest BCUT2D eigenvalue weighted by Gasteiger charge is 2.21. The zero-order valence-corrected chi connectivity index (χ0v) is 13.8. The molecule has 1 fully saturated rings. The highest BCUT2D eigenvalue weighted by molar-refractivity contribution is 5.93. The second-order valence-electron chi connectivity index (χ2n) is 6.22. The smallest absolute Gasteiger partial charge is 0.224 e. The summed E-state index contributed by atoms with van der Waals surface area (Å²) < 4.78 is 0. The van der Waals surface area contributed by atoms with Gasteiger partial charge in [0.1, 0.15) is 0 Å². The van der Waals surface area contributed by atoms with E-state index in [4.69, 9.17) is 0 Å². The summed E-state index contributed by atoms with van der Waals surface area (Å²) in [5, 5.41) is 0. The van der Waals surface area contributed by atoms with Gasteiger partial charge in [-0.15, -0.1) is 0 Å². The lowest BCUT2D eigenvalue weighted by Crippen LogP contribution is -2.35. The van der Waals surface area contributed by atoms with Crippen LogP contribution in [-0.4, -0.2) is 36.3 Å². The summed E-state index contributed by atoms with van der Waals surface area (Å²) >= 11 is 0. The van der Waals surface area contributed by atoms with E-state index in [1.54, 1.807) is 11.8 Å². The van der Waals surface area contributed by atoms with Crippen molar-refractivity contribution in [1.82, 2.24) is 4.90 Å². The number of hydrogen-bond donors (Lipinski definition) is 0. The van der Waals surface area contributed by atoms with Crippen LogP contribution in [0.3, 0.4) is 0 Å². The largest absolute Gasteiger partial charge is 0.343 e. The summed E-state index contributed by atoms with van der Waals surface area (Å²) in [7, 11) is 0. The number of carbonyl (C=O) groups is 2. The molecule has 22 heavy (non-hydrogen) atoms. The zero-order valence-electron chi connectivity index (χ0n) is 13.8. The molecule has 120 valence electrons. The van der Waals surface area contributed by atoms with Crippen molar-refractivity contribution in [1.29, 1.82) is 0 Å². The third kappa shape index (κ3) is 3.87. The van der Waals surface area contributed by atoms with E-state index in [1.807, 2.05) is 23.1 Å². The molecule has 0 bridgehead atoms. The first-order chi connectivity index (χ1) is 10.5. The number of anilines is 1. The first kappa shape index (κ1) is 16.5. The van der Waals surface area contributed by atoms with E-state index in [0.717, 1.165) is 37.2 Å². The maximum atomic E-state index is 12.2. The molecular formula is C18H26N2O2. The zero-order chi connectivity index (χ0) is 16.1. The highest BCUT2D eigenvalue weighted by Crippen LogP contribution is 2.27. The third-order valence-corrected chi connectivity index (χ3v) is 4.24. The van der Waals surface area contributed by atoms with Crippen molar-refractivity contribution in [2.45, 2.75) is 46.0 Å². The maximum absolute atomic E-state index is 12.2. The first-order valence-corrected chi connectivity index (χ1v) is 8.15. The fourth-order valence-corrected chi connectivity index (χ4v) is 3.00. The van der Waals surface area contributed by atoms with Gasteiger partial charge in [-0.2, -0.15) is 0 Å². The van der Waals surface area contributed by atoms with Crippen LogP contribution in [0.15, 0.2) is 24.3 Å². The quantitative estimate of drug-likeness (QED) is 0.838. The van der Waals surface area contributed by atoms with Crippen LogP contribution in [0.2, 0.25) is 0 Å². The predicted octanol–water partition coefficient (Wildman–Crippen LogP) is 3.18. The van der Waals surface area contributed by atoms with Gasteiger partial charge in [0, 0.05) is 38.7 Å². The van der Waals surface area contributed by atoms with E-state index in [-0.39, 0.29) is 11.8 Å². The van der Waals surface area contributed by atoms with Gasteiger partial charge in [0.25, 0.3) is 0 Å². The van der Waals surface area contributed by atoms with Gasteiger partial charge in [-0.1, -0.05) is 32.0 Å². The Bertz CT molecular complexity index is 534. The van der Waals surface area contributed by atoms with Gasteiger partial charge in [-0.25, -0.2) is 0 Å². The number of likely N-dealkylation sites (tertiary alicyclic amines) is 1. The van der Waals surface area contributed by atoms with Gasteiger partial charge in [-0.3, -0.25) is 9.59 Å². The van der Waals surface area contributed by atoms with E-state index in [1.165, 1.54) is 0 Å². The Hall–Kier alpha value is -1.84.